The van der Waals surface area contributed by atoms with Gasteiger partial charge in [-0.25, -0.2) is 4.79 Å². The van der Waals surface area contributed by atoms with Gasteiger partial charge in [-0.05, 0) is 6.92 Å². The number of aromatic nitrogens is 2. The third-order valence-electron chi connectivity index (χ3n) is 2.21. The van der Waals surface area contributed by atoms with E-state index in [0.29, 0.717) is 32.0 Å². The summed E-state index contributed by atoms with van der Waals surface area (Å²) in [6.45, 7) is 4.41. The zero-order valence-corrected chi connectivity index (χ0v) is 9.56. The van der Waals surface area contributed by atoms with Gasteiger partial charge < -0.3 is 15.2 Å². The summed E-state index contributed by atoms with van der Waals surface area (Å²) in [4.78, 5) is 10.9. The Morgan fingerprint density at radius 1 is 1.69 bits per heavy atom. The molecule has 0 unspecified atom stereocenters. The van der Waals surface area contributed by atoms with E-state index in [-0.39, 0.29) is 5.56 Å². The zero-order valence-electron chi connectivity index (χ0n) is 9.56. The van der Waals surface area contributed by atoms with Crippen LogP contribution in [0.15, 0.2) is 6.20 Å². The van der Waals surface area contributed by atoms with E-state index < -0.39 is 5.97 Å². The fourth-order valence-corrected chi connectivity index (χ4v) is 1.35. The normalized spacial score (nSPS) is 10.6. The summed E-state index contributed by atoms with van der Waals surface area (Å²) in [6.07, 6.45) is 1.36. The second-order valence-electron chi connectivity index (χ2n) is 3.31. The number of carboxylic acid groups (broad SMARTS) is 1. The Hall–Kier alpha value is -1.40. The highest BCUT2D eigenvalue weighted by Crippen LogP contribution is 2.06. The molecule has 0 saturated carbocycles. The lowest BCUT2D eigenvalue weighted by molar-refractivity contribution is 0.0695. The highest BCUT2D eigenvalue weighted by molar-refractivity contribution is 5.88. The van der Waals surface area contributed by atoms with Crippen LogP contribution in [0.25, 0.3) is 0 Å². The molecule has 6 heteroatoms. The molecule has 16 heavy (non-hydrogen) atoms. The number of aromatic carboxylic acids is 1. The lowest BCUT2D eigenvalue weighted by Gasteiger charge is -2.06. The first-order chi connectivity index (χ1) is 7.66. The molecule has 6 nitrogen and oxygen atoms in total. The van der Waals surface area contributed by atoms with Crippen LogP contribution >= 0.6 is 0 Å². The first-order valence-electron chi connectivity index (χ1n) is 5.19. The number of hydrogen-bond donors (Lipinski definition) is 2. The number of ether oxygens (including phenoxy) is 1. The predicted octanol–water partition coefficient (Wildman–Crippen LogP) is 0.244. The van der Waals surface area contributed by atoms with E-state index in [1.54, 1.807) is 11.7 Å². The van der Waals surface area contributed by atoms with Gasteiger partial charge in [-0.3, -0.25) is 4.68 Å². The van der Waals surface area contributed by atoms with Crippen LogP contribution in [0.3, 0.4) is 0 Å². The van der Waals surface area contributed by atoms with E-state index in [4.69, 9.17) is 9.84 Å². The van der Waals surface area contributed by atoms with Crippen molar-refractivity contribution >= 4 is 5.97 Å². The Kier molecular flexibility index (Phi) is 4.94. The van der Waals surface area contributed by atoms with Crippen LogP contribution in [-0.4, -0.2) is 40.6 Å². The van der Waals surface area contributed by atoms with Crippen molar-refractivity contribution in [2.24, 2.45) is 7.05 Å². The Morgan fingerprint density at radius 2 is 2.44 bits per heavy atom. The Labute approximate surface area is 94.2 Å². The molecule has 0 radical (unpaired) electrons. The minimum atomic E-state index is -0.949. The molecule has 1 aromatic rings. The van der Waals surface area contributed by atoms with Gasteiger partial charge in [0.15, 0.2) is 0 Å². The summed E-state index contributed by atoms with van der Waals surface area (Å²) in [5, 5.41) is 15.9. The third-order valence-corrected chi connectivity index (χ3v) is 2.21. The van der Waals surface area contributed by atoms with Gasteiger partial charge in [0.25, 0.3) is 0 Å². The fraction of sp³-hybridized carbons (Fsp3) is 0.600. The summed E-state index contributed by atoms with van der Waals surface area (Å²) in [6, 6.07) is 0. The molecule has 0 bridgehead atoms. The summed E-state index contributed by atoms with van der Waals surface area (Å²) in [5.41, 5.74) is 0.912. The SMILES string of the molecule is CCOCCNCc1c(C(=O)O)cnn1C. The van der Waals surface area contributed by atoms with Gasteiger partial charge in [-0.1, -0.05) is 0 Å². The molecule has 90 valence electrons. The van der Waals surface area contributed by atoms with Crippen LogP contribution in [-0.2, 0) is 18.3 Å². The highest BCUT2D eigenvalue weighted by atomic mass is 16.5. The van der Waals surface area contributed by atoms with Crippen molar-refractivity contribution in [1.82, 2.24) is 15.1 Å². The minimum absolute atomic E-state index is 0.242. The molecule has 0 saturated heterocycles. The van der Waals surface area contributed by atoms with Gasteiger partial charge in [0.05, 0.1) is 18.5 Å². The van der Waals surface area contributed by atoms with Crippen LogP contribution in [0.4, 0.5) is 0 Å². The maximum atomic E-state index is 10.9. The number of rotatable bonds is 7. The molecule has 2 N–H and O–H groups in total. The second-order valence-corrected chi connectivity index (χ2v) is 3.31. The first-order valence-corrected chi connectivity index (χ1v) is 5.19. The average Bonchev–Trinajstić information content (AvgIpc) is 2.60. The van der Waals surface area contributed by atoms with Crippen LogP contribution in [0.1, 0.15) is 23.0 Å². The molecular formula is C10H17N3O3. The molecule has 1 aromatic heterocycles. The molecule has 0 fully saturated rings. The summed E-state index contributed by atoms with van der Waals surface area (Å²) < 4.78 is 6.73. The van der Waals surface area contributed by atoms with Crippen LogP contribution in [0.2, 0.25) is 0 Å². The van der Waals surface area contributed by atoms with Crippen LogP contribution in [0, 0.1) is 0 Å². The Balaban J connectivity index is 2.46. The highest BCUT2D eigenvalue weighted by Gasteiger charge is 2.13. The van der Waals surface area contributed by atoms with Crippen molar-refractivity contribution in [2.45, 2.75) is 13.5 Å². The molecular weight excluding hydrogens is 210 g/mol. The maximum Gasteiger partial charge on any atom is 0.339 e. The van der Waals surface area contributed by atoms with Crippen molar-refractivity contribution in [3.8, 4) is 0 Å². The lowest BCUT2D eigenvalue weighted by atomic mass is 10.2. The molecule has 0 aromatic carbocycles. The minimum Gasteiger partial charge on any atom is -0.478 e. The largest absolute Gasteiger partial charge is 0.478 e. The second kappa shape index (κ2) is 6.24. The van der Waals surface area contributed by atoms with E-state index in [2.05, 4.69) is 10.4 Å². The molecule has 0 aliphatic rings. The summed E-state index contributed by atoms with van der Waals surface area (Å²) in [5.74, 6) is -0.949. The summed E-state index contributed by atoms with van der Waals surface area (Å²) >= 11 is 0. The number of nitrogens with one attached hydrogen (secondary N) is 1. The number of hydrogen-bond acceptors (Lipinski definition) is 4. The average molecular weight is 227 g/mol. The molecule has 0 spiro atoms. The van der Waals surface area contributed by atoms with Crippen molar-refractivity contribution in [2.75, 3.05) is 19.8 Å². The molecule has 0 atom stereocenters. The first kappa shape index (κ1) is 12.7. The van der Waals surface area contributed by atoms with E-state index in [1.807, 2.05) is 6.92 Å². The lowest BCUT2D eigenvalue weighted by Crippen LogP contribution is -2.22. The van der Waals surface area contributed by atoms with Crippen molar-refractivity contribution in [1.29, 1.82) is 0 Å². The topological polar surface area (TPSA) is 76.4 Å². The number of nitrogens with zero attached hydrogens (tertiary/aromatic N) is 2. The van der Waals surface area contributed by atoms with Gasteiger partial charge in [-0.15, -0.1) is 0 Å². The molecule has 1 heterocycles. The number of aryl methyl sites for hydroxylation is 1. The standard InChI is InChI=1S/C10H17N3O3/c1-3-16-5-4-11-7-9-8(10(14)15)6-12-13(9)2/h6,11H,3-5,7H2,1-2H3,(H,14,15). The van der Waals surface area contributed by atoms with Crippen LogP contribution < -0.4 is 5.32 Å². The van der Waals surface area contributed by atoms with Crippen molar-refractivity contribution in [3.05, 3.63) is 17.5 Å². The van der Waals surface area contributed by atoms with E-state index in [0.717, 1.165) is 0 Å². The Morgan fingerprint density at radius 3 is 3.06 bits per heavy atom. The number of carboxylic acids is 1. The van der Waals surface area contributed by atoms with E-state index in [9.17, 15) is 4.79 Å². The molecule has 0 amide bonds. The van der Waals surface area contributed by atoms with Crippen LogP contribution in [0.5, 0.6) is 0 Å². The van der Waals surface area contributed by atoms with E-state index in [1.165, 1.54) is 6.20 Å². The maximum absolute atomic E-state index is 10.9. The molecule has 0 aliphatic carbocycles. The van der Waals surface area contributed by atoms with Crippen molar-refractivity contribution in [3.63, 3.8) is 0 Å². The van der Waals surface area contributed by atoms with E-state index >= 15 is 0 Å². The smallest absolute Gasteiger partial charge is 0.339 e. The Bertz CT molecular complexity index is 349. The van der Waals surface area contributed by atoms with Gasteiger partial charge in [-0.2, -0.15) is 5.10 Å². The molecule has 1 rings (SSSR count). The van der Waals surface area contributed by atoms with Gasteiger partial charge in [0.2, 0.25) is 0 Å². The predicted molar refractivity (Wildman–Crippen MR) is 58.4 cm³/mol. The van der Waals surface area contributed by atoms with Gasteiger partial charge in [0, 0.05) is 26.7 Å². The summed E-state index contributed by atoms with van der Waals surface area (Å²) in [7, 11) is 1.73. The number of carbonyl (C=O) groups is 1. The van der Waals surface area contributed by atoms with Gasteiger partial charge in [0.1, 0.15) is 5.56 Å². The molecule has 0 aliphatic heterocycles. The van der Waals surface area contributed by atoms with Crippen molar-refractivity contribution < 1.29 is 14.6 Å². The fourth-order valence-electron chi connectivity index (χ4n) is 1.35. The third kappa shape index (κ3) is 3.32. The van der Waals surface area contributed by atoms with Gasteiger partial charge >= 0.3 is 5.97 Å². The quantitative estimate of drug-likeness (QED) is 0.653. The monoisotopic (exact) mass is 227 g/mol. The zero-order chi connectivity index (χ0) is 12.0.